The van der Waals surface area contributed by atoms with Crippen molar-refractivity contribution in [3.63, 3.8) is 0 Å². The van der Waals surface area contributed by atoms with Crippen LogP contribution in [0, 0.1) is 0 Å². The maximum absolute atomic E-state index is 12.3. The molecule has 8 heteroatoms. The molecule has 0 aliphatic carbocycles. The first-order chi connectivity index (χ1) is 14.4. The molecule has 0 saturated heterocycles. The third-order valence-corrected chi connectivity index (χ3v) is 4.73. The molecule has 3 aromatic rings. The number of benzene rings is 2. The van der Waals surface area contributed by atoms with Gasteiger partial charge in [0.05, 0.1) is 23.1 Å². The van der Waals surface area contributed by atoms with Crippen molar-refractivity contribution in [3.8, 4) is 11.3 Å². The summed E-state index contributed by atoms with van der Waals surface area (Å²) in [6.45, 7) is 3.54. The minimum Gasteiger partial charge on any atom is -0.459 e. The highest BCUT2D eigenvalue weighted by atomic mass is 32.2. The van der Waals surface area contributed by atoms with Gasteiger partial charge in [-0.2, -0.15) is 0 Å². The number of rotatable bonds is 7. The number of amides is 1. The summed E-state index contributed by atoms with van der Waals surface area (Å²) in [5.74, 6) is -0.695. The van der Waals surface area contributed by atoms with Gasteiger partial charge in [-0.1, -0.05) is 48.2 Å². The van der Waals surface area contributed by atoms with Gasteiger partial charge in [0.1, 0.15) is 0 Å². The molecule has 154 valence electrons. The highest BCUT2D eigenvalue weighted by molar-refractivity contribution is 7.99. The van der Waals surface area contributed by atoms with Crippen molar-refractivity contribution >= 4 is 29.3 Å². The smallest absolute Gasteiger partial charge is 0.338 e. The minimum atomic E-state index is -0.449. The molecular formula is C22H21N3O4S. The van der Waals surface area contributed by atoms with Crippen LogP contribution in [0.3, 0.4) is 0 Å². The first kappa shape index (κ1) is 21.3. The van der Waals surface area contributed by atoms with Crippen molar-refractivity contribution < 1.29 is 14.3 Å². The molecule has 0 atom stereocenters. The minimum absolute atomic E-state index is 0.0435. The van der Waals surface area contributed by atoms with Gasteiger partial charge in [0, 0.05) is 17.3 Å². The maximum Gasteiger partial charge on any atom is 0.338 e. The number of thioether (sulfide) groups is 1. The monoisotopic (exact) mass is 423 g/mol. The number of ether oxygens (including phenoxy) is 1. The lowest BCUT2D eigenvalue weighted by Crippen LogP contribution is -2.16. The zero-order valence-electron chi connectivity index (χ0n) is 16.5. The summed E-state index contributed by atoms with van der Waals surface area (Å²) in [5.41, 5.74) is 1.91. The van der Waals surface area contributed by atoms with Gasteiger partial charge in [-0.25, -0.2) is 9.78 Å². The van der Waals surface area contributed by atoms with Gasteiger partial charge in [-0.15, -0.1) is 0 Å². The van der Waals surface area contributed by atoms with Crippen LogP contribution in [0.5, 0.6) is 0 Å². The predicted octanol–water partition coefficient (Wildman–Crippen LogP) is 3.73. The third-order valence-electron chi connectivity index (χ3n) is 3.85. The zero-order valence-corrected chi connectivity index (χ0v) is 17.4. The molecule has 1 heterocycles. The van der Waals surface area contributed by atoms with Gasteiger partial charge in [-0.3, -0.25) is 9.59 Å². The van der Waals surface area contributed by atoms with E-state index in [1.165, 1.54) is 6.07 Å². The number of carbonyl (C=O) groups excluding carboxylic acids is 2. The molecule has 3 rings (SSSR count). The Kier molecular flexibility index (Phi) is 7.03. The van der Waals surface area contributed by atoms with Gasteiger partial charge in [0.2, 0.25) is 5.91 Å². The SMILES string of the molecule is CC(C)OC(=O)c1cccc(NC(=O)CSc2nc(-c3ccccc3)cc(=O)[nH]2)c1. The van der Waals surface area contributed by atoms with E-state index in [-0.39, 0.29) is 23.3 Å². The molecule has 0 aliphatic rings. The van der Waals surface area contributed by atoms with E-state index in [9.17, 15) is 14.4 Å². The van der Waals surface area contributed by atoms with E-state index >= 15 is 0 Å². The normalized spacial score (nSPS) is 10.6. The highest BCUT2D eigenvalue weighted by Gasteiger charge is 2.12. The van der Waals surface area contributed by atoms with Crippen LogP contribution in [0.4, 0.5) is 5.69 Å². The first-order valence-electron chi connectivity index (χ1n) is 9.31. The number of aromatic nitrogens is 2. The standard InChI is InChI=1S/C22H21N3O4S/c1-14(2)29-21(28)16-9-6-10-17(11-16)23-20(27)13-30-22-24-18(12-19(26)25-22)15-7-4-3-5-8-15/h3-12,14H,13H2,1-2H3,(H,23,27)(H,24,25,26). The van der Waals surface area contributed by atoms with Crippen LogP contribution in [-0.4, -0.2) is 33.7 Å². The lowest BCUT2D eigenvalue weighted by molar-refractivity contribution is -0.113. The van der Waals surface area contributed by atoms with Gasteiger partial charge < -0.3 is 15.0 Å². The third kappa shape index (κ3) is 6.05. The number of H-pyrrole nitrogens is 1. The van der Waals surface area contributed by atoms with E-state index in [1.807, 2.05) is 30.3 Å². The molecule has 2 aromatic carbocycles. The van der Waals surface area contributed by atoms with Crippen molar-refractivity contribution in [2.45, 2.75) is 25.1 Å². The van der Waals surface area contributed by atoms with Gasteiger partial charge in [0.25, 0.3) is 5.56 Å². The highest BCUT2D eigenvalue weighted by Crippen LogP contribution is 2.19. The average molecular weight is 423 g/mol. The summed E-state index contributed by atoms with van der Waals surface area (Å²) >= 11 is 1.12. The van der Waals surface area contributed by atoms with Crippen molar-refractivity contribution in [3.05, 3.63) is 76.6 Å². The summed E-state index contributed by atoms with van der Waals surface area (Å²) in [7, 11) is 0. The Labute approximate surface area is 177 Å². The van der Waals surface area contributed by atoms with Crippen LogP contribution < -0.4 is 10.9 Å². The van der Waals surface area contributed by atoms with E-state index < -0.39 is 5.97 Å². The first-order valence-corrected chi connectivity index (χ1v) is 10.3. The number of carbonyl (C=O) groups is 2. The second kappa shape index (κ2) is 9.89. The van der Waals surface area contributed by atoms with Crippen molar-refractivity contribution in [1.29, 1.82) is 0 Å². The van der Waals surface area contributed by atoms with Crippen LogP contribution >= 0.6 is 11.8 Å². The molecule has 1 amide bonds. The summed E-state index contributed by atoms with van der Waals surface area (Å²) in [6, 6.07) is 17.3. The fraction of sp³-hybridized carbons (Fsp3) is 0.182. The van der Waals surface area contributed by atoms with Crippen LogP contribution in [-0.2, 0) is 9.53 Å². The molecule has 0 bridgehead atoms. The summed E-state index contributed by atoms with van der Waals surface area (Å²) in [6.07, 6.45) is -0.228. The molecule has 2 N–H and O–H groups in total. The second-order valence-electron chi connectivity index (χ2n) is 6.67. The lowest BCUT2D eigenvalue weighted by Gasteiger charge is -2.10. The topological polar surface area (TPSA) is 101 Å². The van der Waals surface area contributed by atoms with E-state index in [0.29, 0.717) is 22.1 Å². The Morgan fingerprint density at radius 1 is 1.10 bits per heavy atom. The van der Waals surface area contributed by atoms with E-state index in [2.05, 4.69) is 15.3 Å². The number of hydrogen-bond donors (Lipinski definition) is 2. The second-order valence-corrected chi connectivity index (χ2v) is 7.64. The molecule has 0 spiro atoms. The fourth-order valence-corrected chi connectivity index (χ4v) is 3.27. The van der Waals surface area contributed by atoms with Crippen molar-refractivity contribution in [2.24, 2.45) is 0 Å². The quantitative estimate of drug-likeness (QED) is 0.341. The average Bonchev–Trinajstić information content (AvgIpc) is 2.72. The Balaban J connectivity index is 1.63. The summed E-state index contributed by atoms with van der Waals surface area (Å²) < 4.78 is 5.16. The zero-order chi connectivity index (χ0) is 21.5. The van der Waals surface area contributed by atoms with Crippen molar-refractivity contribution in [1.82, 2.24) is 9.97 Å². The number of anilines is 1. The van der Waals surface area contributed by atoms with Crippen LogP contribution in [0.2, 0.25) is 0 Å². The summed E-state index contributed by atoms with van der Waals surface area (Å²) in [5, 5.41) is 3.09. The van der Waals surface area contributed by atoms with Gasteiger partial charge in [0.15, 0.2) is 5.16 Å². The molecule has 0 radical (unpaired) electrons. The van der Waals surface area contributed by atoms with E-state index in [0.717, 1.165) is 17.3 Å². The molecule has 0 aliphatic heterocycles. The van der Waals surface area contributed by atoms with Gasteiger partial charge >= 0.3 is 5.97 Å². The molecule has 0 saturated carbocycles. The molecule has 0 unspecified atom stereocenters. The molecule has 7 nitrogen and oxygen atoms in total. The molecule has 30 heavy (non-hydrogen) atoms. The Hall–Kier alpha value is -3.39. The molecule has 1 aromatic heterocycles. The molecule has 0 fully saturated rings. The van der Waals surface area contributed by atoms with Crippen LogP contribution in [0.15, 0.2) is 70.6 Å². The van der Waals surface area contributed by atoms with Crippen LogP contribution in [0.25, 0.3) is 11.3 Å². The predicted molar refractivity (Wildman–Crippen MR) is 117 cm³/mol. The Bertz CT molecular complexity index is 1100. The largest absolute Gasteiger partial charge is 0.459 e. The van der Waals surface area contributed by atoms with E-state index in [1.54, 1.807) is 38.1 Å². The number of nitrogens with one attached hydrogen (secondary N) is 2. The maximum atomic E-state index is 12.3. The summed E-state index contributed by atoms with van der Waals surface area (Å²) in [4.78, 5) is 43.3. The van der Waals surface area contributed by atoms with E-state index in [4.69, 9.17) is 4.74 Å². The number of esters is 1. The molecular weight excluding hydrogens is 402 g/mol. The van der Waals surface area contributed by atoms with Crippen molar-refractivity contribution in [2.75, 3.05) is 11.1 Å². The lowest BCUT2D eigenvalue weighted by atomic mass is 10.1. The fourth-order valence-electron chi connectivity index (χ4n) is 2.60. The van der Waals surface area contributed by atoms with Gasteiger partial charge in [-0.05, 0) is 32.0 Å². The Morgan fingerprint density at radius 2 is 1.87 bits per heavy atom. The van der Waals surface area contributed by atoms with Crippen LogP contribution in [0.1, 0.15) is 24.2 Å². The number of hydrogen-bond acceptors (Lipinski definition) is 6. The Morgan fingerprint density at radius 3 is 2.60 bits per heavy atom. The number of nitrogens with zero attached hydrogens (tertiary/aromatic N) is 1. The number of aromatic amines is 1.